The summed E-state index contributed by atoms with van der Waals surface area (Å²) >= 11 is 5.78. The molecule has 2 heterocycles. The largest absolute Gasteiger partial charge is 0.418 e. The highest BCUT2D eigenvalue weighted by atomic mass is 32.1. The average molecular weight is 771 g/mol. The number of rotatable bonds is 15. The van der Waals surface area contributed by atoms with E-state index in [-0.39, 0.29) is 42.7 Å². The maximum absolute atomic E-state index is 14.8. The molecule has 0 saturated heterocycles. The van der Waals surface area contributed by atoms with Crippen LogP contribution in [0.25, 0.3) is 10.9 Å². The van der Waals surface area contributed by atoms with Gasteiger partial charge in [-0.1, -0.05) is 83.1 Å². The van der Waals surface area contributed by atoms with Gasteiger partial charge in [0.15, 0.2) is 0 Å². The van der Waals surface area contributed by atoms with Gasteiger partial charge in [-0.15, -0.1) is 0 Å². The molecule has 5 atom stereocenters. The Hall–Kier alpha value is -4.86. The van der Waals surface area contributed by atoms with Crippen molar-refractivity contribution in [3.05, 3.63) is 83.3 Å². The zero-order valence-corrected chi connectivity index (χ0v) is 31.5. The van der Waals surface area contributed by atoms with Crippen LogP contribution in [-0.4, -0.2) is 66.6 Å². The Balaban J connectivity index is 1.47. The Kier molecular flexibility index (Phi) is 12.8. The molecule has 0 saturated carbocycles. The molecule has 5 rings (SSSR count). The number of nitrogens with zero attached hydrogens (tertiary/aromatic N) is 3. The average Bonchev–Trinajstić information content (AvgIpc) is 3.80. The number of nitrogens with one attached hydrogen (secondary N) is 5. The third-order valence-corrected chi connectivity index (χ3v) is 10.8. The van der Waals surface area contributed by atoms with Crippen molar-refractivity contribution in [2.75, 3.05) is 6.54 Å². The van der Waals surface area contributed by atoms with Crippen molar-refractivity contribution in [1.82, 2.24) is 41.0 Å². The van der Waals surface area contributed by atoms with Crippen LogP contribution in [0.1, 0.15) is 69.3 Å². The van der Waals surface area contributed by atoms with Gasteiger partial charge in [-0.25, -0.2) is 9.37 Å². The first-order valence-corrected chi connectivity index (χ1v) is 18.5. The van der Waals surface area contributed by atoms with E-state index >= 15 is 0 Å². The number of carbonyl (C=O) groups excluding carboxylic acids is 3. The number of halogens is 4. The minimum Gasteiger partial charge on any atom is -0.376 e. The van der Waals surface area contributed by atoms with Gasteiger partial charge >= 0.3 is 6.18 Å². The van der Waals surface area contributed by atoms with E-state index in [1.807, 2.05) is 20.8 Å². The predicted molar refractivity (Wildman–Crippen MR) is 200 cm³/mol. The van der Waals surface area contributed by atoms with Gasteiger partial charge in [0.2, 0.25) is 17.7 Å². The van der Waals surface area contributed by atoms with Crippen LogP contribution in [0.4, 0.5) is 17.6 Å². The number of benzene rings is 2. The number of alkyl halides is 3. The summed E-state index contributed by atoms with van der Waals surface area (Å²) in [5.74, 6) is -2.88. The van der Waals surface area contributed by atoms with E-state index in [1.165, 1.54) is 30.6 Å². The van der Waals surface area contributed by atoms with Crippen LogP contribution in [0.15, 0.2) is 55.1 Å². The second-order valence-electron chi connectivity index (χ2n) is 14.0. The molecule has 0 spiro atoms. The Labute approximate surface area is 316 Å². The minimum atomic E-state index is -4.62. The van der Waals surface area contributed by atoms with Crippen molar-refractivity contribution in [2.45, 2.75) is 96.6 Å². The molecule has 1 aliphatic carbocycles. The minimum absolute atomic E-state index is 0.0435. The number of H-pyrrole nitrogens is 1. The summed E-state index contributed by atoms with van der Waals surface area (Å²) in [6.45, 7) is 8.38. The topological polar surface area (TPSA) is 146 Å². The number of amides is 3. The van der Waals surface area contributed by atoms with Crippen molar-refractivity contribution in [1.29, 1.82) is 0 Å². The molecule has 2 unspecified atom stereocenters. The van der Waals surface area contributed by atoms with Crippen LogP contribution in [0.5, 0.6) is 0 Å². The van der Waals surface area contributed by atoms with Gasteiger partial charge in [0.05, 0.1) is 35.1 Å². The van der Waals surface area contributed by atoms with Crippen molar-refractivity contribution >= 4 is 45.8 Å². The zero-order chi connectivity index (χ0) is 39.2. The van der Waals surface area contributed by atoms with Gasteiger partial charge in [-0.3, -0.25) is 19.1 Å². The molecular weight excluding hydrogens is 725 g/mol. The summed E-state index contributed by atoms with van der Waals surface area (Å²) in [5, 5.41) is 16.4. The first-order chi connectivity index (χ1) is 25.7. The van der Waals surface area contributed by atoms with E-state index in [2.05, 4.69) is 36.3 Å². The van der Waals surface area contributed by atoms with Crippen LogP contribution in [0.3, 0.4) is 0 Å². The van der Waals surface area contributed by atoms with Crippen LogP contribution >= 0.6 is 12.2 Å². The zero-order valence-electron chi connectivity index (χ0n) is 30.6. The highest BCUT2D eigenvalue weighted by Gasteiger charge is 2.47. The Morgan fingerprint density at radius 2 is 1.74 bits per heavy atom. The quantitative estimate of drug-likeness (QED) is 0.0828. The fraction of sp³-hybridized carbons (Fsp3) is 0.474. The maximum Gasteiger partial charge on any atom is 0.418 e. The first kappa shape index (κ1) is 40.3. The second kappa shape index (κ2) is 17.1. The van der Waals surface area contributed by atoms with Crippen molar-refractivity contribution in [3.63, 3.8) is 0 Å². The molecule has 0 radical (unpaired) electrons. The van der Waals surface area contributed by atoms with E-state index in [0.29, 0.717) is 47.6 Å². The number of hydrogen-bond acceptors (Lipinski definition) is 6. The SMILES string of the molecule is CCC(C)[C@H](NC(=O)Cc1ccccc1F)C(=O)N[C@]1(C(=O)N[C@H](C(=S)NCCn2cncn2)C(C)CC)CCc2[nH]c3c(C(F)(F)F)cccc3c2C1. The highest BCUT2D eigenvalue weighted by molar-refractivity contribution is 7.80. The van der Waals surface area contributed by atoms with Crippen LogP contribution in [0.2, 0.25) is 0 Å². The third kappa shape index (κ3) is 9.08. The summed E-state index contributed by atoms with van der Waals surface area (Å²) in [4.78, 5) is 49.6. The fourth-order valence-corrected chi connectivity index (χ4v) is 7.25. The van der Waals surface area contributed by atoms with Crippen molar-refractivity contribution < 1.29 is 31.9 Å². The standard InChI is InChI=1S/C38H46F4N8O3S/c1-5-22(3)31(47-30(51)18-24-10-7-8-13-28(24)39)34(52)49-37(15-14-29-26(19-37)25-11-9-12-27(33(25)46-29)38(40,41)42)36(53)48-32(23(4)6-2)35(54)44-16-17-50-21-43-20-45-50/h7-13,20-23,31-32,46H,5-6,14-19H2,1-4H3,(H,44,54)(H,47,51)(H,48,53)(H,49,52)/t22?,23?,31-,32-,37+/m0/s1. The molecule has 1 aliphatic rings. The molecule has 0 fully saturated rings. The number of fused-ring (bicyclic) bond motifs is 3. The Morgan fingerprint density at radius 1 is 1.02 bits per heavy atom. The lowest BCUT2D eigenvalue weighted by Crippen LogP contribution is -2.67. The summed E-state index contributed by atoms with van der Waals surface area (Å²) in [5.41, 5.74) is -1.38. The van der Waals surface area contributed by atoms with E-state index in [4.69, 9.17) is 12.2 Å². The van der Waals surface area contributed by atoms with Gasteiger partial charge in [0, 0.05) is 24.0 Å². The van der Waals surface area contributed by atoms with Crippen molar-refractivity contribution in [2.24, 2.45) is 11.8 Å². The predicted octanol–water partition coefficient (Wildman–Crippen LogP) is 5.18. The summed E-state index contributed by atoms with van der Waals surface area (Å²) < 4.78 is 58.2. The van der Waals surface area contributed by atoms with E-state index in [0.717, 1.165) is 6.07 Å². The molecule has 290 valence electrons. The van der Waals surface area contributed by atoms with E-state index in [9.17, 15) is 31.9 Å². The number of carbonyl (C=O) groups is 3. The molecule has 5 N–H and O–H groups in total. The monoisotopic (exact) mass is 770 g/mol. The van der Waals surface area contributed by atoms with Gasteiger partial charge in [0.1, 0.15) is 30.1 Å². The molecule has 4 aromatic rings. The number of aryl methyl sites for hydroxylation is 1. The molecule has 11 nitrogen and oxygen atoms in total. The molecule has 54 heavy (non-hydrogen) atoms. The lowest BCUT2D eigenvalue weighted by molar-refractivity contribution is -0.137. The van der Waals surface area contributed by atoms with E-state index < -0.39 is 58.8 Å². The Morgan fingerprint density at radius 3 is 2.41 bits per heavy atom. The van der Waals surface area contributed by atoms with Gasteiger partial charge < -0.3 is 26.3 Å². The smallest absolute Gasteiger partial charge is 0.376 e. The molecule has 0 bridgehead atoms. The second-order valence-corrected chi connectivity index (χ2v) is 14.5. The van der Waals surface area contributed by atoms with Crippen LogP contribution in [-0.2, 0) is 46.4 Å². The lowest BCUT2D eigenvalue weighted by Gasteiger charge is -2.40. The molecule has 3 amide bonds. The molecule has 0 aliphatic heterocycles. The van der Waals surface area contributed by atoms with Gasteiger partial charge in [0.25, 0.3) is 0 Å². The van der Waals surface area contributed by atoms with Gasteiger partial charge in [-0.2, -0.15) is 18.3 Å². The number of aromatic amines is 1. The lowest BCUT2D eigenvalue weighted by atomic mass is 9.78. The molecule has 2 aromatic heterocycles. The summed E-state index contributed by atoms with van der Waals surface area (Å²) in [6, 6.07) is 7.97. The van der Waals surface area contributed by atoms with Crippen LogP contribution < -0.4 is 21.3 Å². The first-order valence-electron chi connectivity index (χ1n) is 18.1. The normalized spacial score (nSPS) is 17.9. The third-order valence-electron chi connectivity index (χ3n) is 10.4. The maximum atomic E-state index is 14.8. The highest BCUT2D eigenvalue weighted by Crippen LogP contribution is 2.40. The van der Waals surface area contributed by atoms with E-state index in [1.54, 1.807) is 30.1 Å². The summed E-state index contributed by atoms with van der Waals surface area (Å²) in [7, 11) is 0. The van der Waals surface area contributed by atoms with Crippen LogP contribution in [0, 0.1) is 17.7 Å². The number of para-hydroxylation sites is 1. The number of hydrogen-bond donors (Lipinski definition) is 5. The number of aromatic nitrogens is 4. The number of thiocarbonyl (C=S) groups is 1. The molecule has 2 aromatic carbocycles. The van der Waals surface area contributed by atoms with Gasteiger partial charge in [-0.05, 0) is 47.9 Å². The Bertz CT molecular complexity index is 1970. The fourth-order valence-electron chi connectivity index (χ4n) is 6.85. The molecular formula is C38H46F4N8O3S. The van der Waals surface area contributed by atoms with Crippen molar-refractivity contribution in [3.8, 4) is 0 Å². The summed E-state index contributed by atoms with van der Waals surface area (Å²) in [6.07, 6.45) is -0.754. The molecule has 16 heteroatoms.